The first-order valence-electron chi connectivity index (χ1n) is 8.30. The molecule has 0 atom stereocenters. The molecular formula is C18H16N4O4S. The van der Waals surface area contributed by atoms with Crippen molar-refractivity contribution >= 4 is 20.9 Å². The predicted octanol–water partition coefficient (Wildman–Crippen LogP) is 1.83. The van der Waals surface area contributed by atoms with Gasteiger partial charge >= 0.3 is 0 Å². The topological polar surface area (TPSA) is 119 Å². The molecule has 1 fully saturated rings. The number of aromatic amines is 1. The van der Waals surface area contributed by atoms with E-state index in [1.54, 1.807) is 24.3 Å². The van der Waals surface area contributed by atoms with Gasteiger partial charge in [-0.1, -0.05) is 0 Å². The Morgan fingerprint density at radius 1 is 1.22 bits per heavy atom. The van der Waals surface area contributed by atoms with E-state index in [0.29, 0.717) is 54.0 Å². The molecule has 0 amide bonds. The van der Waals surface area contributed by atoms with E-state index in [4.69, 9.17) is 10.00 Å². The molecule has 138 valence electrons. The molecule has 27 heavy (non-hydrogen) atoms. The first-order chi connectivity index (χ1) is 13.0. The van der Waals surface area contributed by atoms with E-state index in [0.717, 1.165) is 0 Å². The third kappa shape index (κ3) is 3.04. The van der Waals surface area contributed by atoms with Gasteiger partial charge < -0.3 is 14.8 Å². The van der Waals surface area contributed by atoms with E-state index in [9.17, 15) is 13.5 Å². The zero-order valence-corrected chi connectivity index (χ0v) is 15.0. The number of fused-ring (bicyclic) bond motifs is 1. The molecule has 4 rings (SSSR count). The number of hydrogen-bond donors (Lipinski definition) is 2. The summed E-state index contributed by atoms with van der Waals surface area (Å²) in [6.45, 7) is 1.36. The fraction of sp³-hybridized carbons (Fsp3) is 0.222. The Morgan fingerprint density at radius 2 is 2.00 bits per heavy atom. The minimum Gasteiger partial charge on any atom is -0.494 e. The fourth-order valence-corrected chi connectivity index (χ4v) is 4.48. The smallest absolute Gasteiger partial charge is 0.244 e. The highest BCUT2D eigenvalue weighted by molar-refractivity contribution is 7.89. The summed E-state index contributed by atoms with van der Waals surface area (Å²) in [5.41, 5.74) is 1.95. The van der Waals surface area contributed by atoms with Crippen molar-refractivity contribution in [2.45, 2.75) is 4.90 Å². The summed E-state index contributed by atoms with van der Waals surface area (Å²) in [5, 5.41) is 20.0. The van der Waals surface area contributed by atoms with Gasteiger partial charge in [-0.05, 0) is 30.3 Å². The SMILES string of the molecule is N#Cc1ccc2[nH]c(O)c(-c3ccc(S(=O)(=O)N4CCOCC4)cn3)c2c1. The molecule has 3 heterocycles. The van der Waals surface area contributed by atoms with Crippen LogP contribution >= 0.6 is 0 Å². The summed E-state index contributed by atoms with van der Waals surface area (Å²) in [5.74, 6) is -0.0867. The fourth-order valence-electron chi connectivity index (χ4n) is 3.12. The van der Waals surface area contributed by atoms with Crippen LogP contribution in [0.25, 0.3) is 22.2 Å². The highest BCUT2D eigenvalue weighted by atomic mass is 32.2. The summed E-state index contributed by atoms with van der Waals surface area (Å²) in [6.07, 6.45) is 1.28. The van der Waals surface area contributed by atoms with Gasteiger partial charge in [-0.3, -0.25) is 4.98 Å². The van der Waals surface area contributed by atoms with Gasteiger partial charge in [0, 0.05) is 30.2 Å². The lowest BCUT2D eigenvalue weighted by molar-refractivity contribution is 0.0730. The monoisotopic (exact) mass is 384 g/mol. The Balaban J connectivity index is 1.74. The molecule has 1 aliphatic heterocycles. The van der Waals surface area contributed by atoms with Crippen molar-refractivity contribution in [2.75, 3.05) is 26.3 Å². The van der Waals surface area contributed by atoms with Crippen molar-refractivity contribution in [3.05, 3.63) is 42.1 Å². The number of ether oxygens (including phenoxy) is 1. The minimum absolute atomic E-state index is 0.0867. The van der Waals surface area contributed by atoms with E-state index >= 15 is 0 Å². The van der Waals surface area contributed by atoms with Crippen LogP contribution in [-0.2, 0) is 14.8 Å². The Bertz CT molecular complexity index is 1140. The van der Waals surface area contributed by atoms with Gasteiger partial charge in [-0.2, -0.15) is 9.57 Å². The normalized spacial score (nSPS) is 15.7. The van der Waals surface area contributed by atoms with Crippen LogP contribution in [0.15, 0.2) is 41.4 Å². The third-order valence-corrected chi connectivity index (χ3v) is 6.39. The van der Waals surface area contributed by atoms with Crippen LogP contribution in [0.1, 0.15) is 5.56 Å². The molecule has 0 aliphatic carbocycles. The standard InChI is InChI=1S/C18H16N4O4S/c19-10-12-1-3-15-14(9-12)17(18(23)21-15)16-4-2-13(11-20-16)27(24,25)22-5-7-26-8-6-22/h1-4,9,11,21,23H,5-8H2. The van der Waals surface area contributed by atoms with Crippen molar-refractivity contribution in [1.82, 2.24) is 14.3 Å². The predicted molar refractivity (Wildman–Crippen MR) is 97.5 cm³/mol. The first kappa shape index (κ1) is 17.5. The molecule has 0 bridgehead atoms. The summed E-state index contributed by atoms with van der Waals surface area (Å²) in [6, 6.07) is 10.1. The number of aromatic nitrogens is 2. The van der Waals surface area contributed by atoms with Crippen molar-refractivity contribution in [1.29, 1.82) is 5.26 Å². The van der Waals surface area contributed by atoms with Gasteiger partial charge in [-0.25, -0.2) is 8.42 Å². The van der Waals surface area contributed by atoms with Crippen LogP contribution in [0, 0.1) is 11.3 Å². The zero-order valence-electron chi connectivity index (χ0n) is 14.2. The number of morpholine rings is 1. The molecule has 3 aromatic rings. The number of pyridine rings is 1. The number of H-pyrrole nitrogens is 1. The second-order valence-electron chi connectivity index (χ2n) is 6.12. The van der Waals surface area contributed by atoms with E-state index in [-0.39, 0.29) is 10.8 Å². The number of nitriles is 1. The number of nitrogens with zero attached hydrogens (tertiary/aromatic N) is 3. The van der Waals surface area contributed by atoms with Crippen molar-refractivity contribution < 1.29 is 18.3 Å². The second-order valence-corrected chi connectivity index (χ2v) is 8.05. The van der Waals surface area contributed by atoms with Gasteiger partial charge in [0.15, 0.2) is 5.88 Å². The highest BCUT2D eigenvalue weighted by Crippen LogP contribution is 2.36. The summed E-state index contributed by atoms with van der Waals surface area (Å²) < 4.78 is 31.9. The molecule has 9 heteroatoms. The highest BCUT2D eigenvalue weighted by Gasteiger charge is 2.27. The van der Waals surface area contributed by atoms with Gasteiger partial charge in [-0.15, -0.1) is 0 Å². The molecule has 0 radical (unpaired) electrons. The van der Waals surface area contributed by atoms with E-state index in [1.807, 2.05) is 0 Å². The van der Waals surface area contributed by atoms with Crippen LogP contribution in [0.4, 0.5) is 0 Å². The average molecular weight is 384 g/mol. The summed E-state index contributed by atoms with van der Waals surface area (Å²) in [4.78, 5) is 7.18. The maximum atomic E-state index is 12.7. The Labute approximate surface area is 155 Å². The van der Waals surface area contributed by atoms with E-state index in [2.05, 4.69) is 16.0 Å². The van der Waals surface area contributed by atoms with E-state index < -0.39 is 10.0 Å². The molecule has 0 spiro atoms. The largest absolute Gasteiger partial charge is 0.494 e. The quantitative estimate of drug-likeness (QED) is 0.711. The van der Waals surface area contributed by atoms with Gasteiger partial charge in [0.1, 0.15) is 4.90 Å². The number of nitrogens with one attached hydrogen (secondary N) is 1. The van der Waals surface area contributed by atoms with Crippen LogP contribution < -0.4 is 0 Å². The molecule has 1 saturated heterocycles. The average Bonchev–Trinajstić information content (AvgIpc) is 3.03. The Hall–Kier alpha value is -2.93. The number of sulfonamides is 1. The maximum absolute atomic E-state index is 12.7. The third-order valence-electron chi connectivity index (χ3n) is 4.51. The second kappa shape index (κ2) is 6.66. The number of rotatable bonds is 3. The lowest BCUT2D eigenvalue weighted by Gasteiger charge is -2.25. The summed E-state index contributed by atoms with van der Waals surface area (Å²) >= 11 is 0. The van der Waals surface area contributed by atoms with Gasteiger partial charge in [0.2, 0.25) is 10.0 Å². The minimum atomic E-state index is -3.63. The first-order valence-corrected chi connectivity index (χ1v) is 9.74. The Morgan fingerprint density at radius 3 is 2.67 bits per heavy atom. The molecule has 8 nitrogen and oxygen atoms in total. The molecule has 0 unspecified atom stereocenters. The molecule has 2 N–H and O–H groups in total. The van der Waals surface area contributed by atoms with Crippen molar-refractivity contribution in [3.8, 4) is 23.2 Å². The number of benzene rings is 1. The van der Waals surface area contributed by atoms with Crippen LogP contribution in [0.5, 0.6) is 5.88 Å². The van der Waals surface area contributed by atoms with Crippen LogP contribution in [0.3, 0.4) is 0 Å². The molecular weight excluding hydrogens is 368 g/mol. The van der Waals surface area contributed by atoms with E-state index in [1.165, 1.54) is 16.6 Å². The molecule has 1 aromatic carbocycles. The van der Waals surface area contributed by atoms with Gasteiger partial charge in [0.25, 0.3) is 0 Å². The van der Waals surface area contributed by atoms with Gasteiger partial charge in [0.05, 0.1) is 36.1 Å². The van der Waals surface area contributed by atoms with Crippen LogP contribution in [0.2, 0.25) is 0 Å². The lowest BCUT2D eigenvalue weighted by Crippen LogP contribution is -2.40. The summed E-state index contributed by atoms with van der Waals surface area (Å²) in [7, 11) is -3.63. The zero-order chi connectivity index (χ0) is 19.0. The maximum Gasteiger partial charge on any atom is 0.244 e. The lowest BCUT2D eigenvalue weighted by atomic mass is 10.1. The number of hydrogen-bond acceptors (Lipinski definition) is 6. The molecule has 1 aliphatic rings. The van der Waals surface area contributed by atoms with Crippen molar-refractivity contribution in [3.63, 3.8) is 0 Å². The van der Waals surface area contributed by atoms with Crippen molar-refractivity contribution in [2.24, 2.45) is 0 Å². The van der Waals surface area contributed by atoms with Crippen LogP contribution in [-0.4, -0.2) is 54.1 Å². The number of aromatic hydroxyl groups is 1. The molecule has 2 aromatic heterocycles. The Kier molecular flexibility index (Phi) is 4.31. The molecule has 0 saturated carbocycles.